The number of thioether (sulfide) groups is 2. The SMILES string of the molecule is CSc1ccccc1NC(=O)CCSc1nnc(-c2cccnc2)n1-c1ccccc1C(C)C. The van der Waals surface area contributed by atoms with Crippen LogP contribution in [-0.4, -0.2) is 37.7 Å². The number of hydrogen-bond donors (Lipinski definition) is 1. The molecule has 34 heavy (non-hydrogen) atoms. The predicted octanol–water partition coefficient (Wildman–Crippen LogP) is 6.30. The lowest BCUT2D eigenvalue weighted by atomic mass is 10.0. The summed E-state index contributed by atoms with van der Waals surface area (Å²) in [6.45, 7) is 4.35. The molecule has 4 aromatic rings. The van der Waals surface area contributed by atoms with Crippen LogP contribution in [0, 0.1) is 0 Å². The molecule has 1 amide bonds. The van der Waals surface area contributed by atoms with Crippen molar-refractivity contribution >= 4 is 35.1 Å². The molecule has 0 atom stereocenters. The van der Waals surface area contributed by atoms with Gasteiger partial charge >= 0.3 is 0 Å². The smallest absolute Gasteiger partial charge is 0.225 e. The highest BCUT2D eigenvalue weighted by Crippen LogP contribution is 2.32. The topological polar surface area (TPSA) is 72.7 Å². The van der Waals surface area contributed by atoms with E-state index in [9.17, 15) is 4.79 Å². The van der Waals surface area contributed by atoms with Crippen molar-refractivity contribution in [2.75, 3.05) is 17.3 Å². The van der Waals surface area contributed by atoms with Gasteiger partial charge in [-0.05, 0) is 48.1 Å². The van der Waals surface area contributed by atoms with E-state index >= 15 is 0 Å². The second-order valence-electron chi connectivity index (χ2n) is 7.94. The van der Waals surface area contributed by atoms with Crippen molar-refractivity contribution in [3.05, 3.63) is 78.6 Å². The van der Waals surface area contributed by atoms with E-state index in [1.165, 1.54) is 17.3 Å². The van der Waals surface area contributed by atoms with E-state index in [0.717, 1.165) is 32.8 Å². The highest BCUT2D eigenvalue weighted by molar-refractivity contribution is 7.99. The Bertz CT molecular complexity index is 1260. The summed E-state index contributed by atoms with van der Waals surface area (Å²) in [5, 5.41) is 12.8. The molecule has 0 saturated carbocycles. The quantitative estimate of drug-likeness (QED) is 0.278. The Hall–Kier alpha value is -3.10. The van der Waals surface area contributed by atoms with Gasteiger partial charge < -0.3 is 5.32 Å². The van der Waals surface area contributed by atoms with Gasteiger partial charge in [0.15, 0.2) is 11.0 Å². The molecule has 0 fully saturated rings. The van der Waals surface area contributed by atoms with Gasteiger partial charge in [0.05, 0.1) is 11.4 Å². The molecule has 0 aliphatic heterocycles. The molecule has 0 saturated heterocycles. The van der Waals surface area contributed by atoms with Crippen LogP contribution >= 0.6 is 23.5 Å². The minimum absolute atomic E-state index is 0.0184. The first kappa shape index (κ1) is 24.0. The van der Waals surface area contributed by atoms with Crippen molar-refractivity contribution in [3.63, 3.8) is 0 Å². The molecule has 4 rings (SSSR count). The summed E-state index contributed by atoms with van der Waals surface area (Å²) in [6, 6.07) is 20.0. The van der Waals surface area contributed by atoms with Gasteiger partial charge in [0.2, 0.25) is 5.91 Å². The van der Waals surface area contributed by atoms with Crippen LogP contribution < -0.4 is 5.32 Å². The third-order valence-corrected chi connectivity index (χ3v) is 7.02. The molecule has 174 valence electrons. The third kappa shape index (κ3) is 5.51. The van der Waals surface area contributed by atoms with E-state index in [-0.39, 0.29) is 5.91 Å². The van der Waals surface area contributed by atoms with Crippen LogP contribution in [-0.2, 0) is 4.79 Å². The van der Waals surface area contributed by atoms with E-state index < -0.39 is 0 Å². The lowest BCUT2D eigenvalue weighted by Gasteiger charge is -2.17. The number of nitrogens with zero attached hydrogens (tertiary/aromatic N) is 4. The molecule has 2 heterocycles. The molecule has 0 unspecified atom stereocenters. The largest absolute Gasteiger partial charge is 0.325 e. The van der Waals surface area contributed by atoms with Gasteiger partial charge in [-0.25, -0.2) is 0 Å². The first-order valence-electron chi connectivity index (χ1n) is 11.1. The number of anilines is 1. The summed E-state index contributed by atoms with van der Waals surface area (Å²) >= 11 is 3.14. The zero-order chi connectivity index (χ0) is 23.9. The maximum absolute atomic E-state index is 12.6. The van der Waals surface area contributed by atoms with Gasteiger partial charge in [-0.1, -0.05) is 55.9 Å². The molecule has 0 spiro atoms. The van der Waals surface area contributed by atoms with Crippen molar-refractivity contribution < 1.29 is 4.79 Å². The molecule has 2 aromatic heterocycles. The standard InChI is InChI=1S/C26H27N5OS2/c1-18(2)20-10-4-6-12-22(20)31-25(19-9-8-15-27-17-19)29-30-26(31)34-16-14-24(32)28-21-11-5-7-13-23(21)33-3/h4-13,15,17-18H,14,16H2,1-3H3,(H,28,32). The Morgan fingerprint density at radius 2 is 1.82 bits per heavy atom. The van der Waals surface area contributed by atoms with Gasteiger partial charge in [-0.2, -0.15) is 0 Å². The number of carbonyl (C=O) groups excluding carboxylic acids is 1. The number of rotatable bonds is 9. The van der Waals surface area contributed by atoms with Gasteiger partial charge in [-0.15, -0.1) is 22.0 Å². The van der Waals surface area contributed by atoms with Crippen LogP contribution in [0.5, 0.6) is 0 Å². The number of pyridine rings is 1. The molecule has 6 nitrogen and oxygen atoms in total. The maximum Gasteiger partial charge on any atom is 0.225 e. The van der Waals surface area contributed by atoms with E-state index in [1.54, 1.807) is 24.2 Å². The highest BCUT2D eigenvalue weighted by atomic mass is 32.2. The van der Waals surface area contributed by atoms with Gasteiger partial charge in [0.1, 0.15) is 0 Å². The minimum atomic E-state index is -0.0184. The average Bonchev–Trinajstić information content (AvgIpc) is 3.28. The third-order valence-electron chi connectivity index (χ3n) is 5.29. The summed E-state index contributed by atoms with van der Waals surface area (Å²) in [7, 11) is 0. The molecule has 8 heteroatoms. The van der Waals surface area contributed by atoms with Crippen LogP contribution in [0.2, 0.25) is 0 Å². The van der Waals surface area contributed by atoms with Crippen LogP contribution in [0.15, 0.2) is 83.1 Å². The fraction of sp³-hybridized carbons (Fsp3) is 0.231. The summed E-state index contributed by atoms with van der Waals surface area (Å²) in [4.78, 5) is 17.9. The van der Waals surface area contributed by atoms with Crippen LogP contribution in [0.1, 0.15) is 31.7 Å². The minimum Gasteiger partial charge on any atom is -0.325 e. The second kappa shape index (κ2) is 11.4. The zero-order valence-electron chi connectivity index (χ0n) is 19.4. The van der Waals surface area contributed by atoms with Crippen molar-refractivity contribution in [2.45, 2.75) is 36.2 Å². The van der Waals surface area contributed by atoms with Crippen molar-refractivity contribution in [3.8, 4) is 17.1 Å². The number of hydrogen-bond acceptors (Lipinski definition) is 6. The van der Waals surface area contributed by atoms with Gasteiger partial charge in [0, 0.05) is 35.0 Å². The summed E-state index contributed by atoms with van der Waals surface area (Å²) in [5.74, 6) is 1.64. The Labute approximate surface area is 208 Å². The van der Waals surface area contributed by atoms with E-state index in [4.69, 9.17) is 0 Å². The number of nitrogens with one attached hydrogen (secondary N) is 1. The maximum atomic E-state index is 12.6. The first-order chi connectivity index (χ1) is 16.6. The predicted molar refractivity (Wildman–Crippen MR) is 141 cm³/mol. The lowest BCUT2D eigenvalue weighted by Crippen LogP contribution is -2.13. The molecule has 0 aliphatic carbocycles. The van der Waals surface area contributed by atoms with Gasteiger partial charge in [-0.3, -0.25) is 14.3 Å². The molecule has 0 bridgehead atoms. The average molecular weight is 490 g/mol. The van der Waals surface area contributed by atoms with Crippen LogP contribution in [0.3, 0.4) is 0 Å². The Morgan fingerprint density at radius 3 is 2.59 bits per heavy atom. The Balaban J connectivity index is 1.57. The molecule has 0 aliphatic rings. The second-order valence-corrected chi connectivity index (χ2v) is 9.85. The summed E-state index contributed by atoms with van der Waals surface area (Å²) in [5.41, 5.74) is 3.99. The molecular formula is C26H27N5OS2. The molecular weight excluding hydrogens is 462 g/mol. The molecule has 2 aromatic carbocycles. The number of para-hydroxylation sites is 2. The summed E-state index contributed by atoms with van der Waals surface area (Å²) < 4.78 is 2.08. The zero-order valence-corrected chi connectivity index (χ0v) is 21.1. The van der Waals surface area contributed by atoms with E-state index in [0.29, 0.717) is 18.1 Å². The van der Waals surface area contributed by atoms with Gasteiger partial charge in [0.25, 0.3) is 0 Å². The Morgan fingerprint density at radius 1 is 1.03 bits per heavy atom. The lowest BCUT2D eigenvalue weighted by molar-refractivity contribution is -0.115. The highest BCUT2D eigenvalue weighted by Gasteiger charge is 2.20. The monoisotopic (exact) mass is 489 g/mol. The first-order valence-corrected chi connectivity index (χ1v) is 13.3. The van der Waals surface area contributed by atoms with Crippen LogP contribution in [0.4, 0.5) is 5.69 Å². The van der Waals surface area contributed by atoms with Crippen molar-refractivity contribution in [2.24, 2.45) is 0 Å². The summed E-state index contributed by atoms with van der Waals surface area (Å²) in [6.07, 6.45) is 5.91. The number of amides is 1. The molecule has 1 N–H and O–H groups in total. The number of aromatic nitrogens is 4. The Kier molecular flexibility index (Phi) is 8.03. The fourth-order valence-corrected chi connectivity index (χ4v) is 5.07. The molecule has 0 radical (unpaired) electrons. The van der Waals surface area contributed by atoms with Crippen molar-refractivity contribution in [1.29, 1.82) is 0 Å². The fourth-order valence-electron chi connectivity index (χ4n) is 3.64. The normalized spacial score (nSPS) is 11.1. The van der Waals surface area contributed by atoms with Crippen molar-refractivity contribution in [1.82, 2.24) is 19.7 Å². The number of carbonyl (C=O) groups is 1. The van der Waals surface area contributed by atoms with E-state index in [2.05, 4.69) is 57.1 Å². The van der Waals surface area contributed by atoms with Crippen LogP contribution in [0.25, 0.3) is 17.1 Å². The van der Waals surface area contributed by atoms with E-state index in [1.807, 2.05) is 48.7 Å². The number of benzene rings is 2.